The first-order valence-electron chi connectivity index (χ1n) is 10.1. The van der Waals surface area contributed by atoms with Crippen molar-refractivity contribution in [3.05, 3.63) is 28.3 Å². The number of hydrogen-bond donors (Lipinski definition) is 1. The van der Waals surface area contributed by atoms with Gasteiger partial charge in [-0.05, 0) is 82.3 Å². The minimum atomic E-state index is 0. The number of piperidine rings is 2. The lowest BCUT2D eigenvalue weighted by Crippen LogP contribution is -2.30. The maximum atomic E-state index is 11.1. The first-order chi connectivity index (χ1) is 11.8. The van der Waals surface area contributed by atoms with Gasteiger partial charge >= 0.3 is 0 Å². The van der Waals surface area contributed by atoms with E-state index >= 15 is 0 Å². The maximum absolute atomic E-state index is 11.1. The molecular formula is C21H34Cl2N2O. The molecule has 1 aliphatic carbocycles. The van der Waals surface area contributed by atoms with Crippen molar-refractivity contribution in [2.24, 2.45) is 0 Å². The van der Waals surface area contributed by atoms with Crippen molar-refractivity contribution in [2.45, 2.75) is 70.9 Å². The summed E-state index contributed by atoms with van der Waals surface area (Å²) in [7, 11) is 0. The summed E-state index contributed by atoms with van der Waals surface area (Å²) >= 11 is 0. The van der Waals surface area contributed by atoms with Gasteiger partial charge in [0.15, 0.2) is 0 Å². The lowest BCUT2D eigenvalue weighted by atomic mass is 9.96. The van der Waals surface area contributed by atoms with E-state index in [-0.39, 0.29) is 24.8 Å². The Morgan fingerprint density at radius 1 is 0.731 bits per heavy atom. The number of fused-ring (bicyclic) bond motifs is 1. The van der Waals surface area contributed by atoms with E-state index in [2.05, 4.69) is 15.9 Å². The van der Waals surface area contributed by atoms with Gasteiger partial charge in [-0.25, -0.2) is 0 Å². The molecule has 2 saturated heterocycles. The Hall–Kier alpha value is -0.480. The van der Waals surface area contributed by atoms with Gasteiger partial charge in [-0.3, -0.25) is 9.80 Å². The minimum Gasteiger partial charge on any atom is -0.507 e. The fraction of sp³-hybridized carbons (Fsp3) is 0.714. The molecule has 0 atom stereocenters. The van der Waals surface area contributed by atoms with Gasteiger partial charge in [0.1, 0.15) is 5.75 Å². The number of rotatable bonds is 4. The highest BCUT2D eigenvalue weighted by Crippen LogP contribution is 2.36. The van der Waals surface area contributed by atoms with Gasteiger partial charge in [-0.15, -0.1) is 24.8 Å². The molecule has 0 radical (unpaired) electrons. The summed E-state index contributed by atoms with van der Waals surface area (Å²) in [4.78, 5) is 5.09. The summed E-state index contributed by atoms with van der Waals surface area (Å²) in [5, 5.41) is 11.1. The van der Waals surface area contributed by atoms with Crippen LogP contribution >= 0.6 is 24.8 Å². The van der Waals surface area contributed by atoms with E-state index in [0.29, 0.717) is 5.75 Å². The number of nitrogens with zero attached hydrogens (tertiary/aromatic N) is 2. The van der Waals surface area contributed by atoms with E-state index in [1.54, 1.807) is 0 Å². The van der Waals surface area contributed by atoms with Gasteiger partial charge in [0.25, 0.3) is 0 Å². The van der Waals surface area contributed by atoms with E-state index < -0.39 is 0 Å². The Kier molecular flexibility index (Phi) is 8.53. The van der Waals surface area contributed by atoms with Crippen molar-refractivity contribution in [2.75, 3.05) is 26.2 Å². The van der Waals surface area contributed by atoms with E-state index in [1.165, 1.54) is 99.8 Å². The van der Waals surface area contributed by atoms with Gasteiger partial charge in [0, 0.05) is 24.2 Å². The molecule has 0 aromatic heterocycles. The number of benzene rings is 1. The van der Waals surface area contributed by atoms with Crippen molar-refractivity contribution >= 4 is 24.8 Å². The number of phenols is 1. The Labute approximate surface area is 171 Å². The molecule has 26 heavy (non-hydrogen) atoms. The molecule has 1 N–H and O–H groups in total. The molecule has 5 heteroatoms. The van der Waals surface area contributed by atoms with Gasteiger partial charge < -0.3 is 5.11 Å². The number of hydrogen-bond acceptors (Lipinski definition) is 3. The van der Waals surface area contributed by atoms with Crippen LogP contribution in [0.4, 0.5) is 0 Å². The zero-order valence-electron chi connectivity index (χ0n) is 15.8. The third-order valence-corrected chi connectivity index (χ3v) is 6.24. The smallest absolute Gasteiger partial charge is 0.124 e. The summed E-state index contributed by atoms with van der Waals surface area (Å²) in [6, 6.07) is 2.33. The molecule has 2 fully saturated rings. The molecular weight excluding hydrogens is 367 g/mol. The summed E-state index contributed by atoms with van der Waals surface area (Å²) in [6.07, 6.45) is 11.6. The molecule has 0 amide bonds. The number of aromatic hydroxyl groups is 1. The standard InChI is InChI=1S/C21H32N2O.2ClH/c24-21-18(15-22-10-3-1-4-11-22)14-17-8-7-9-19(17)20(21)16-23-12-5-2-6-13-23;;/h14,24H,1-13,15-16H2;2*1H. The highest BCUT2D eigenvalue weighted by atomic mass is 35.5. The first kappa shape index (κ1) is 21.8. The molecule has 2 heterocycles. The molecule has 0 bridgehead atoms. The van der Waals surface area contributed by atoms with Crippen LogP contribution < -0.4 is 0 Å². The molecule has 2 aliphatic heterocycles. The van der Waals surface area contributed by atoms with Crippen LogP contribution in [-0.2, 0) is 25.9 Å². The van der Waals surface area contributed by atoms with E-state index in [0.717, 1.165) is 19.5 Å². The molecule has 1 aromatic rings. The van der Waals surface area contributed by atoms with Gasteiger partial charge in [-0.2, -0.15) is 0 Å². The van der Waals surface area contributed by atoms with Crippen LogP contribution in [0, 0.1) is 0 Å². The van der Waals surface area contributed by atoms with Crippen molar-refractivity contribution in [1.82, 2.24) is 9.80 Å². The molecule has 148 valence electrons. The topological polar surface area (TPSA) is 26.7 Å². The summed E-state index contributed by atoms with van der Waals surface area (Å²) in [6.45, 7) is 6.68. The van der Waals surface area contributed by atoms with Crippen LogP contribution in [0.5, 0.6) is 5.75 Å². The summed E-state index contributed by atoms with van der Waals surface area (Å²) in [5.41, 5.74) is 5.44. The normalized spacial score (nSPS) is 20.9. The van der Waals surface area contributed by atoms with Crippen molar-refractivity contribution in [3.63, 3.8) is 0 Å². The van der Waals surface area contributed by atoms with Crippen molar-refractivity contribution in [3.8, 4) is 5.75 Å². The third-order valence-electron chi connectivity index (χ3n) is 6.24. The second kappa shape index (κ2) is 10.2. The molecule has 0 spiro atoms. The maximum Gasteiger partial charge on any atom is 0.124 e. The average Bonchev–Trinajstić information content (AvgIpc) is 3.08. The monoisotopic (exact) mass is 400 g/mol. The zero-order valence-corrected chi connectivity index (χ0v) is 17.5. The average molecular weight is 401 g/mol. The van der Waals surface area contributed by atoms with Crippen molar-refractivity contribution < 1.29 is 5.11 Å². The molecule has 0 saturated carbocycles. The molecule has 4 rings (SSSR count). The van der Waals surface area contributed by atoms with Crippen LogP contribution in [0.2, 0.25) is 0 Å². The Bertz CT molecular complexity index is 582. The Morgan fingerprint density at radius 2 is 1.31 bits per heavy atom. The number of phenolic OH excluding ortho intramolecular Hbond substituents is 1. The highest BCUT2D eigenvalue weighted by molar-refractivity contribution is 5.85. The molecule has 0 unspecified atom stereocenters. The second-order valence-electron chi connectivity index (χ2n) is 8.03. The predicted molar refractivity (Wildman–Crippen MR) is 113 cm³/mol. The van der Waals surface area contributed by atoms with Gasteiger partial charge in [0.2, 0.25) is 0 Å². The SMILES string of the molecule is Cl.Cl.Oc1c(CN2CCCCC2)cc2c(c1CN1CCCCC1)CCC2. The largest absolute Gasteiger partial charge is 0.507 e. The van der Waals surface area contributed by atoms with Crippen molar-refractivity contribution in [1.29, 1.82) is 0 Å². The highest BCUT2D eigenvalue weighted by Gasteiger charge is 2.24. The quantitative estimate of drug-likeness (QED) is 0.793. The van der Waals surface area contributed by atoms with Crippen LogP contribution in [0.25, 0.3) is 0 Å². The van der Waals surface area contributed by atoms with E-state index in [4.69, 9.17) is 0 Å². The van der Waals surface area contributed by atoms with E-state index in [1.807, 2.05) is 0 Å². The van der Waals surface area contributed by atoms with Crippen LogP contribution in [0.15, 0.2) is 6.07 Å². The molecule has 3 aliphatic rings. The fourth-order valence-electron chi connectivity index (χ4n) is 4.88. The third kappa shape index (κ3) is 4.86. The molecule has 3 nitrogen and oxygen atoms in total. The number of halogens is 2. The summed E-state index contributed by atoms with van der Waals surface area (Å²) in [5.74, 6) is 0.617. The summed E-state index contributed by atoms with van der Waals surface area (Å²) < 4.78 is 0. The predicted octanol–water partition coefficient (Wildman–Crippen LogP) is 4.70. The Balaban J connectivity index is 0.00000121. The number of likely N-dealkylation sites (tertiary alicyclic amines) is 2. The van der Waals surface area contributed by atoms with Gasteiger partial charge in [0.05, 0.1) is 0 Å². The zero-order chi connectivity index (χ0) is 16.4. The number of aryl methyl sites for hydroxylation is 1. The second-order valence-corrected chi connectivity index (χ2v) is 8.03. The van der Waals surface area contributed by atoms with E-state index in [9.17, 15) is 5.11 Å². The van der Waals surface area contributed by atoms with Gasteiger partial charge in [-0.1, -0.05) is 18.9 Å². The van der Waals surface area contributed by atoms with Crippen LogP contribution in [0.1, 0.15) is 67.2 Å². The van der Waals surface area contributed by atoms with Crippen LogP contribution in [0.3, 0.4) is 0 Å². The van der Waals surface area contributed by atoms with Crippen LogP contribution in [-0.4, -0.2) is 41.1 Å². The lowest BCUT2D eigenvalue weighted by molar-refractivity contribution is 0.212. The molecule has 1 aromatic carbocycles. The minimum absolute atomic E-state index is 0. The fourth-order valence-corrected chi connectivity index (χ4v) is 4.88. The lowest BCUT2D eigenvalue weighted by Gasteiger charge is -2.30. The Morgan fingerprint density at radius 3 is 1.92 bits per heavy atom. The first-order valence-corrected chi connectivity index (χ1v) is 10.1.